The summed E-state index contributed by atoms with van der Waals surface area (Å²) in [6.45, 7) is 3.16. The molecule has 0 aromatic carbocycles. The van der Waals surface area contributed by atoms with Crippen LogP contribution in [0, 0.1) is 5.92 Å². The molecule has 1 rings (SSSR count). The number of hydrogen-bond acceptors (Lipinski definition) is 4. The van der Waals surface area contributed by atoms with E-state index in [1.807, 2.05) is 0 Å². The zero-order valence-corrected chi connectivity index (χ0v) is 7.95. The molecule has 0 spiro atoms. The predicted molar refractivity (Wildman–Crippen MR) is 48.2 cm³/mol. The van der Waals surface area contributed by atoms with Crippen LogP contribution < -0.4 is 5.32 Å². The molecule has 4 heteroatoms. The number of ether oxygens (including phenoxy) is 1. The fourth-order valence-electron chi connectivity index (χ4n) is 1.58. The zero-order valence-electron chi connectivity index (χ0n) is 7.95. The van der Waals surface area contributed by atoms with Crippen LogP contribution >= 0.6 is 0 Å². The van der Waals surface area contributed by atoms with Crippen molar-refractivity contribution in [2.75, 3.05) is 19.8 Å². The number of esters is 1. The Bertz CT molecular complexity index is 172. The van der Waals surface area contributed by atoms with Crippen LogP contribution in [0.4, 0.5) is 0 Å². The maximum absolute atomic E-state index is 11.3. The lowest BCUT2D eigenvalue weighted by Gasteiger charge is -2.27. The van der Waals surface area contributed by atoms with Crippen molar-refractivity contribution in [2.45, 2.75) is 25.8 Å². The van der Waals surface area contributed by atoms with Crippen molar-refractivity contribution in [2.24, 2.45) is 5.92 Å². The minimum atomic E-state index is -0.217. The van der Waals surface area contributed by atoms with Crippen molar-refractivity contribution in [1.82, 2.24) is 5.32 Å². The van der Waals surface area contributed by atoms with Gasteiger partial charge in [-0.1, -0.05) is 0 Å². The Morgan fingerprint density at radius 1 is 1.69 bits per heavy atom. The third kappa shape index (κ3) is 2.97. The Hall–Kier alpha value is -0.610. The predicted octanol–water partition coefficient (Wildman–Crippen LogP) is -0.0900. The SMILES string of the molecule is CCOC(=O)[C@H]1C[C@@H](CO)CCN1. The minimum absolute atomic E-state index is 0.164. The van der Waals surface area contributed by atoms with Gasteiger partial charge >= 0.3 is 5.97 Å². The standard InChI is InChI=1S/C9H17NO3/c1-2-13-9(12)8-5-7(6-11)3-4-10-8/h7-8,10-11H,2-6H2,1H3/t7-,8+/m0/s1. The van der Waals surface area contributed by atoms with Crippen molar-refractivity contribution in [3.05, 3.63) is 0 Å². The normalized spacial score (nSPS) is 28.5. The monoisotopic (exact) mass is 187 g/mol. The smallest absolute Gasteiger partial charge is 0.323 e. The molecule has 4 nitrogen and oxygen atoms in total. The van der Waals surface area contributed by atoms with E-state index in [0.29, 0.717) is 13.0 Å². The van der Waals surface area contributed by atoms with Crippen molar-refractivity contribution in [3.63, 3.8) is 0 Å². The highest BCUT2D eigenvalue weighted by Crippen LogP contribution is 2.15. The average molecular weight is 187 g/mol. The Kier molecular flexibility index (Phi) is 4.18. The van der Waals surface area contributed by atoms with Crippen LogP contribution in [-0.4, -0.2) is 36.9 Å². The molecule has 1 aliphatic rings. The van der Waals surface area contributed by atoms with Crippen LogP contribution in [0.2, 0.25) is 0 Å². The number of nitrogens with one attached hydrogen (secondary N) is 1. The van der Waals surface area contributed by atoms with E-state index < -0.39 is 0 Å². The number of aliphatic hydroxyl groups is 1. The highest BCUT2D eigenvalue weighted by Gasteiger charge is 2.27. The van der Waals surface area contributed by atoms with Gasteiger partial charge in [0.2, 0.25) is 0 Å². The largest absolute Gasteiger partial charge is 0.465 e. The van der Waals surface area contributed by atoms with Gasteiger partial charge in [-0.2, -0.15) is 0 Å². The molecule has 2 atom stereocenters. The second kappa shape index (κ2) is 5.19. The van der Waals surface area contributed by atoms with Gasteiger partial charge in [-0.3, -0.25) is 4.79 Å². The van der Waals surface area contributed by atoms with Gasteiger partial charge in [0.1, 0.15) is 6.04 Å². The Balaban J connectivity index is 2.37. The second-order valence-electron chi connectivity index (χ2n) is 3.33. The summed E-state index contributed by atoms with van der Waals surface area (Å²) in [5.74, 6) is 0.0521. The number of hydrogen-bond donors (Lipinski definition) is 2. The lowest BCUT2D eigenvalue weighted by molar-refractivity contribution is -0.146. The molecule has 1 fully saturated rings. The summed E-state index contributed by atoms with van der Waals surface area (Å²) < 4.78 is 4.89. The van der Waals surface area contributed by atoms with E-state index in [9.17, 15) is 4.79 Å². The van der Waals surface area contributed by atoms with Crippen LogP contribution in [0.5, 0.6) is 0 Å². The van der Waals surface area contributed by atoms with Crippen LogP contribution in [0.3, 0.4) is 0 Å². The van der Waals surface area contributed by atoms with E-state index in [4.69, 9.17) is 9.84 Å². The molecule has 0 bridgehead atoms. The molecular formula is C9H17NO3. The third-order valence-electron chi connectivity index (χ3n) is 2.34. The average Bonchev–Trinajstić information content (AvgIpc) is 2.18. The van der Waals surface area contributed by atoms with Gasteiger partial charge in [-0.25, -0.2) is 0 Å². The topological polar surface area (TPSA) is 58.6 Å². The first kappa shape index (κ1) is 10.5. The third-order valence-corrected chi connectivity index (χ3v) is 2.34. The van der Waals surface area contributed by atoms with Crippen molar-refractivity contribution >= 4 is 5.97 Å². The molecule has 13 heavy (non-hydrogen) atoms. The summed E-state index contributed by atoms with van der Waals surface area (Å²) >= 11 is 0. The highest BCUT2D eigenvalue weighted by atomic mass is 16.5. The van der Waals surface area contributed by atoms with Gasteiger partial charge in [-0.15, -0.1) is 0 Å². The van der Waals surface area contributed by atoms with Crippen LogP contribution in [-0.2, 0) is 9.53 Å². The van der Waals surface area contributed by atoms with E-state index in [-0.39, 0.29) is 24.5 Å². The van der Waals surface area contributed by atoms with Gasteiger partial charge in [0.15, 0.2) is 0 Å². The molecule has 0 radical (unpaired) electrons. The first-order chi connectivity index (χ1) is 6.27. The Morgan fingerprint density at radius 3 is 3.08 bits per heavy atom. The molecule has 0 saturated carbocycles. The second-order valence-corrected chi connectivity index (χ2v) is 3.33. The van der Waals surface area contributed by atoms with Crippen LogP contribution in [0.15, 0.2) is 0 Å². The van der Waals surface area contributed by atoms with E-state index in [2.05, 4.69) is 5.32 Å². The highest BCUT2D eigenvalue weighted by molar-refractivity contribution is 5.75. The molecule has 76 valence electrons. The van der Waals surface area contributed by atoms with Gasteiger partial charge in [-0.05, 0) is 32.2 Å². The van der Waals surface area contributed by atoms with Crippen LogP contribution in [0.25, 0.3) is 0 Å². The van der Waals surface area contributed by atoms with Gasteiger partial charge in [0, 0.05) is 6.61 Å². The molecule has 0 aromatic heterocycles. The molecule has 2 N–H and O–H groups in total. The summed E-state index contributed by atoms with van der Waals surface area (Å²) in [5, 5.41) is 12.0. The molecule has 1 aliphatic heterocycles. The molecule has 0 aromatic rings. The molecule has 0 amide bonds. The number of carbonyl (C=O) groups is 1. The summed E-state index contributed by atoms with van der Waals surface area (Å²) in [7, 11) is 0. The van der Waals surface area contributed by atoms with Gasteiger partial charge in [0.25, 0.3) is 0 Å². The maximum Gasteiger partial charge on any atom is 0.323 e. The van der Waals surface area contributed by atoms with Gasteiger partial charge in [0.05, 0.1) is 6.61 Å². The lowest BCUT2D eigenvalue weighted by atomic mass is 9.93. The zero-order chi connectivity index (χ0) is 9.68. The fourth-order valence-corrected chi connectivity index (χ4v) is 1.58. The molecule has 0 unspecified atom stereocenters. The van der Waals surface area contributed by atoms with E-state index >= 15 is 0 Å². The Morgan fingerprint density at radius 2 is 2.46 bits per heavy atom. The van der Waals surface area contributed by atoms with Crippen LogP contribution in [0.1, 0.15) is 19.8 Å². The Labute approximate surface area is 78.3 Å². The first-order valence-electron chi connectivity index (χ1n) is 4.78. The fraction of sp³-hybridized carbons (Fsp3) is 0.889. The number of piperidine rings is 1. The quantitative estimate of drug-likeness (QED) is 0.606. The van der Waals surface area contributed by atoms with Crippen molar-refractivity contribution in [1.29, 1.82) is 0 Å². The van der Waals surface area contributed by atoms with E-state index in [1.54, 1.807) is 6.92 Å². The van der Waals surface area contributed by atoms with Crippen molar-refractivity contribution in [3.8, 4) is 0 Å². The van der Waals surface area contributed by atoms with Crippen molar-refractivity contribution < 1.29 is 14.6 Å². The molecule has 1 saturated heterocycles. The summed E-state index contributed by atoms with van der Waals surface area (Å²) in [6, 6.07) is -0.217. The maximum atomic E-state index is 11.3. The lowest BCUT2D eigenvalue weighted by Crippen LogP contribution is -2.45. The summed E-state index contributed by atoms with van der Waals surface area (Å²) in [4.78, 5) is 11.3. The molecule has 1 heterocycles. The van der Waals surface area contributed by atoms with Gasteiger partial charge < -0.3 is 15.2 Å². The summed E-state index contributed by atoms with van der Waals surface area (Å²) in [6.07, 6.45) is 1.63. The number of aliphatic hydroxyl groups excluding tert-OH is 1. The molecular weight excluding hydrogens is 170 g/mol. The first-order valence-corrected chi connectivity index (χ1v) is 4.78. The molecule has 0 aliphatic carbocycles. The van der Waals surface area contributed by atoms with E-state index in [0.717, 1.165) is 13.0 Å². The summed E-state index contributed by atoms with van der Waals surface area (Å²) in [5.41, 5.74) is 0. The number of carbonyl (C=O) groups excluding carboxylic acids is 1. The minimum Gasteiger partial charge on any atom is -0.465 e. The number of rotatable bonds is 3. The van der Waals surface area contributed by atoms with E-state index in [1.165, 1.54) is 0 Å².